The average Bonchev–Trinajstić information content (AvgIpc) is 2.67. The number of aromatic nitrogens is 1. The first-order valence-corrected chi connectivity index (χ1v) is 9.46. The Morgan fingerprint density at radius 1 is 1.00 bits per heavy atom. The summed E-state index contributed by atoms with van der Waals surface area (Å²) in [6.45, 7) is 0. The van der Waals surface area contributed by atoms with E-state index in [1.54, 1.807) is 18.5 Å². The Morgan fingerprint density at radius 3 is 2.32 bits per heavy atom. The molecule has 0 bridgehead atoms. The van der Waals surface area contributed by atoms with E-state index in [4.69, 9.17) is 0 Å². The van der Waals surface area contributed by atoms with Crippen LogP contribution in [-0.2, 0) is 17.4 Å². The molecule has 144 valence electrons. The van der Waals surface area contributed by atoms with Crippen molar-refractivity contribution in [1.82, 2.24) is 4.98 Å². The molecule has 0 aliphatic rings. The summed E-state index contributed by atoms with van der Waals surface area (Å²) in [6.07, 6.45) is -0.695. The molecule has 0 unspecified atom stereocenters. The quantitative estimate of drug-likeness (QED) is 0.450. The predicted molar refractivity (Wildman–Crippen MR) is 105 cm³/mol. The molecule has 0 N–H and O–H groups in total. The van der Waals surface area contributed by atoms with Crippen LogP contribution >= 0.6 is 15.9 Å². The van der Waals surface area contributed by atoms with Gasteiger partial charge in [0.2, 0.25) is 0 Å². The fourth-order valence-electron chi connectivity index (χ4n) is 3.10. The molecule has 0 fully saturated rings. The highest BCUT2D eigenvalue weighted by molar-refractivity contribution is 9.10. The molecule has 1 aromatic heterocycles. The van der Waals surface area contributed by atoms with E-state index in [1.165, 1.54) is 12.1 Å². The van der Waals surface area contributed by atoms with Gasteiger partial charge in [0.15, 0.2) is 0 Å². The number of carbonyl (C=O) groups excluding carboxylic acids is 1. The zero-order chi connectivity index (χ0) is 20.1. The molecule has 0 saturated heterocycles. The molecule has 1 atom stereocenters. The van der Waals surface area contributed by atoms with Crippen molar-refractivity contribution in [2.24, 2.45) is 0 Å². The van der Waals surface area contributed by atoms with Crippen LogP contribution in [0.5, 0.6) is 0 Å². The van der Waals surface area contributed by atoms with Gasteiger partial charge in [0, 0.05) is 35.6 Å². The second kappa shape index (κ2) is 8.69. The van der Waals surface area contributed by atoms with Crippen molar-refractivity contribution in [3.63, 3.8) is 0 Å². The van der Waals surface area contributed by atoms with E-state index in [0.29, 0.717) is 5.56 Å². The normalized spacial score (nSPS) is 12.6. The van der Waals surface area contributed by atoms with E-state index in [2.05, 4.69) is 20.9 Å². The van der Waals surface area contributed by atoms with E-state index in [0.717, 1.165) is 27.7 Å². The van der Waals surface area contributed by atoms with E-state index >= 15 is 0 Å². The first-order chi connectivity index (χ1) is 13.3. The number of pyridine rings is 1. The van der Waals surface area contributed by atoms with Crippen molar-refractivity contribution >= 4 is 21.7 Å². The van der Waals surface area contributed by atoms with E-state index in [1.807, 2.05) is 30.3 Å². The maximum absolute atomic E-state index is 12.9. The topological polar surface area (TPSA) is 30.0 Å². The summed E-state index contributed by atoms with van der Waals surface area (Å²) in [7, 11) is 0. The third kappa shape index (κ3) is 5.07. The Morgan fingerprint density at radius 2 is 1.71 bits per heavy atom. The smallest absolute Gasteiger partial charge is 0.299 e. The molecular formula is C22H17BrF3NO. The van der Waals surface area contributed by atoms with Gasteiger partial charge in [-0.3, -0.25) is 9.78 Å². The lowest BCUT2D eigenvalue weighted by atomic mass is 9.85. The number of alkyl halides is 3. The van der Waals surface area contributed by atoms with Gasteiger partial charge >= 0.3 is 6.18 Å². The Balaban J connectivity index is 1.90. The molecule has 0 amide bonds. The summed E-state index contributed by atoms with van der Waals surface area (Å²) < 4.78 is 39.5. The van der Waals surface area contributed by atoms with Gasteiger partial charge in [-0.25, -0.2) is 0 Å². The Kier molecular flexibility index (Phi) is 6.29. The molecule has 3 aromatic rings. The monoisotopic (exact) mass is 447 g/mol. The number of ketones is 1. The molecular weight excluding hydrogens is 431 g/mol. The van der Waals surface area contributed by atoms with Crippen LogP contribution < -0.4 is 0 Å². The maximum atomic E-state index is 12.9. The van der Waals surface area contributed by atoms with Gasteiger partial charge in [0.05, 0.1) is 5.56 Å². The average molecular weight is 448 g/mol. The van der Waals surface area contributed by atoms with Crippen LogP contribution in [-0.4, -0.2) is 10.8 Å². The zero-order valence-corrected chi connectivity index (χ0v) is 16.4. The summed E-state index contributed by atoms with van der Waals surface area (Å²) in [5.41, 5.74) is 1.64. The highest BCUT2D eigenvalue weighted by Gasteiger charge is 2.30. The molecule has 3 rings (SSSR count). The van der Waals surface area contributed by atoms with Gasteiger partial charge in [-0.15, -0.1) is 0 Å². The van der Waals surface area contributed by atoms with Gasteiger partial charge in [-0.2, -0.15) is 13.2 Å². The van der Waals surface area contributed by atoms with Gasteiger partial charge in [-0.05, 0) is 41.0 Å². The van der Waals surface area contributed by atoms with Crippen LogP contribution in [0, 0.1) is 0 Å². The minimum atomic E-state index is -4.39. The first kappa shape index (κ1) is 20.3. The van der Waals surface area contributed by atoms with Crippen LogP contribution in [0.15, 0.2) is 77.5 Å². The second-order valence-corrected chi connectivity index (χ2v) is 7.33. The number of benzene rings is 2. The van der Waals surface area contributed by atoms with Gasteiger partial charge in [-0.1, -0.05) is 52.3 Å². The molecule has 0 spiro atoms. The van der Waals surface area contributed by atoms with Crippen molar-refractivity contribution in [2.45, 2.75) is 24.9 Å². The number of carbonyl (C=O) groups is 1. The molecule has 0 radical (unpaired) electrons. The zero-order valence-electron chi connectivity index (χ0n) is 14.8. The Labute approximate surface area is 169 Å². The van der Waals surface area contributed by atoms with Crippen LogP contribution in [0.3, 0.4) is 0 Å². The van der Waals surface area contributed by atoms with Crippen LogP contribution in [0.25, 0.3) is 0 Å². The summed E-state index contributed by atoms with van der Waals surface area (Å²) in [5.74, 6) is -0.351. The fraction of sp³-hybridized carbons (Fsp3) is 0.182. The van der Waals surface area contributed by atoms with Crippen LogP contribution in [0.2, 0.25) is 0 Å². The SMILES string of the molecule is O=C(Cc1cccnc1)C[C@@H](c1ccc(C(F)(F)F)cc1)c1ccccc1Br. The Bertz CT molecular complexity index is 940. The van der Waals surface area contributed by atoms with E-state index < -0.39 is 11.7 Å². The largest absolute Gasteiger partial charge is 0.416 e. The van der Waals surface area contributed by atoms with E-state index in [9.17, 15) is 18.0 Å². The van der Waals surface area contributed by atoms with Gasteiger partial charge in [0.25, 0.3) is 0 Å². The van der Waals surface area contributed by atoms with Gasteiger partial charge in [0.1, 0.15) is 5.78 Å². The highest BCUT2D eigenvalue weighted by Crippen LogP contribution is 2.36. The molecule has 0 aliphatic heterocycles. The lowest BCUT2D eigenvalue weighted by molar-refractivity contribution is -0.137. The number of hydrogen-bond acceptors (Lipinski definition) is 2. The predicted octanol–water partition coefficient (Wildman–Crippen LogP) is 6.20. The molecule has 0 saturated carbocycles. The molecule has 28 heavy (non-hydrogen) atoms. The van der Waals surface area contributed by atoms with Crippen molar-refractivity contribution in [1.29, 1.82) is 0 Å². The highest BCUT2D eigenvalue weighted by atomic mass is 79.9. The van der Waals surface area contributed by atoms with E-state index in [-0.39, 0.29) is 24.5 Å². The van der Waals surface area contributed by atoms with Gasteiger partial charge < -0.3 is 0 Å². The Hall–Kier alpha value is -2.47. The number of nitrogens with zero attached hydrogens (tertiary/aromatic N) is 1. The molecule has 2 nitrogen and oxygen atoms in total. The number of Topliss-reactive ketones (excluding diaryl/α,β-unsaturated/α-hetero) is 1. The number of rotatable bonds is 6. The van der Waals surface area contributed by atoms with Crippen molar-refractivity contribution in [3.05, 3.63) is 99.8 Å². The second-order valence-electron chi connectivity index (χ2n) is 6.47. The molecule has 2 aromatic carbocycles. The summed E-state index contributed by atoms with van der Waals surface area (Å²) in [6, 6.07) is 16.1. The molecule has 1 heterocycles. The first-order valence-electron chi connectivity index (χ1n) is 8.67. The van der Waals surface area contributed by atoms with Crippen LogP contribution in [0.4, 0.5) is 13.2 Å². The summed E-state index contributed by atoms with van der Waals surface area (Å²) >= 11 is 3.50. The molecule has 0 aliphatic carbocycles. The number of hydrogen-bond donors (Lipinski definition) is 0. The third-order valence-electron chi connectivity index (χ3n) is 4.48. The molecule has 6 heteroatoms. The lowest BCUT2D eigenvalue weighted by Crippen LogP contribution is -2.12. The standard InChI is InChI=1S/C22H17BrF3NO/c23-21-6-2-1-5-19(21)20(13-18(28)12-15-4-3-11-27-14-15)16-7-9-17(10-8-16)22(24,25)26/h1-11,14,20H,12-13H2/t20-/m0/s1. The number of halogens is 4. The lowest BCUT2D eigenvalue weighted by Gasteiger charge is -2.20. The maximum Gasteiger partial charge on any atom is 0.416 e. The third-order valence-corrected chi connectivity index (χ3v) is 5.20. The summed E-state index contributed by atoms with van der Waals surface area (Å²) in [5, 5.41) is 0. The van der Waals surface area contributed by atoms with Crippen molar-refractivity contribution < 1.29 is 18.0 Å². The minimum Gasteiger partial charge on any atom is -0.299 e. The van der Waals surface area contributed by atoms with Crippen molar-refractivity contribution in [2.75, 3.05) is 0 Å². The summed E-state index contributed by atoms with van der Waals surface area (Å²) in [4.78, 5) is 16.7. The van der Waals surface area contributed by atoms with Crippen LogP contribution in [0.1, 0.15) is 34.6 Å². The fourth-order valence-corrected chi connectivity index (χ4v) is 3.66. The van der Waals surface area contributed by atoms with Crippen molar-refractivity contribution in [3.8, 4) is 0 Å². The minimum absolute atomic E-state index is 0.00588.